The van der Waals surface area contributed by atoms with E-state index in [1.807, 2.05) is 20.8 Å². The number of amides is 1. The molecule has 0 spiro atoms. The number of likely N-dealkylation sites (tertiary alicyclic amines) is 1. The van der Waals surface area contributed by atoms with Crippen molar-refractivity contribution >= 4 is 16.1 Å². The Hall–Kier alpha value is -1.80. The standard InChI is InChI=1S/C17H24N2O5S/c1-17(2,3)24-16(20)19-10-8-12-13(9-11-19)23-14-6-4-5-7-15(14)25(21,22)18-12/h4-7,12-13,18H,8-11H2,1-3H3. The first-order valence-electron chi connectivity index (χ1n) is 8.42. The fraction of sp³-hybridized carbons (Fsp3) is 0.588. The molecule has 138 valence electrons. The van der Waals surface area contributed by atoms with Crippen molar-refractivity contribution in [1.29, 1.82) is 0 Å². The molecule has 7 nitrogen and oxygen atoms in total. The van der Waals surface area contributed by atoms with Crippen molar-refractivity contribution in [3.05, 3.63) is 24.3 Å². The summed E-state index contributed by atoms with van der Waals surface area (Å²) in [6.45, 7) is 6.33. The fourth-order valence-electron chi connectivity index (χ4n) is 3.06. The number of nitrogens with zero attached hydrogens (tertiary/aromatic N) is 1. The molecule has 1 amide bonds. The van der Waals surface area contributed by atoms with Gasteiger partial charge in [-0.05, 0) is 39.3 Å². The van der Waals surface area contributed by atoms with Crippen LogP contribution in [0, 0.1) is 0 Å². The number of nitrogens with one attached hydrogen (secondary N) is 1. The molecule has 0 saturated carbocycles. The molecule has 1 aromatic carbocycles. The lowest BCUT2D eigenvalue weighted by atomic mass is 10.1. The predicted molar refractivity (Wildman–Crippen MR) is 92.0 cm³/mol. The van der Waals surface area contributed by atoms with Gasteiger partial charge in [-0.3, -0.25) is 0 Å². The van der Waals surface area contributed by atoms with Gasteiger partial charge in [0.15, 0.2) is 0 Å². The number of carbonyl (C=O) groups is 1. The van der Waals surface area contributed by atoms with Crippen LogP contribution in [0.1, 0.15) is 33.6 Å². The zero-order valence-electron chi connectivity index (χ0n) is 14.7. The average Bonchev–Trinajstić information content (AvgIpc) is 2.74. The van der Waals surface area contributed by atoms with Gasteiger partial charge in [0.05, 0.1) is 6.04 Å². The Balaban J connectivity index is 1.78. The summed E-state index contributed by atoms with van der Waals surface area (Å²) in [6.07, 6.45) is 0.288. The minimum atomic E-state index is -3.64. The highest BCUT2D eigenvalue weighted by Crippen LogP contribution is 2.31. The van der Waals surface area contributed by atoms with Crippen molar-refractivity contribution in [2.45, 2.75) is 56.3 Å². The molecule has 2 aliphatic rings. The molecule has 1 aromatic rings. The van der Waals surface area contributed by atoms with E-state index in [9.17, 15) is 13.2 Å². The largest absolute Gasteiger partial charge is 0.487 e. The summed E-state index contributed by atoms with van der Waals surface area (Å²) in [6, 6.07) is 6.24. The molecule has 3 rings (SSSR count). The van der Waals surface area contributed by atoms with Gasteiger partial charge in [0.1, 0.15) is 22.4 Å². The van der Waals surface area contributed by atoms with Gasteiger partial charge in [0, 0.05) is 19.5 Å². The van der Waals surface area contributed by atoms with E-state index in [0.29, 0.717) is 31.7 Å². The highest BCUT2D eigenvalue weighted by Gasteiger charge is 2.37. The van der Waals surface area contributed by atoms with Gasteiger partial charge in [-0.2, -0.15) is 0 Å². The summed E-state index contributed by atoms with van der Waals surface area (Å²) in [4.78, 5) is 14.1. The Morgan fingerprint density at radius 3 is 2.64 bits per heavy atom. The number of fused-ring (bicyclic) bond motifs is 2. The van der Waals surface area contributed by atoms with E-state index >= 15 is 0 Å². The molecule has 2 heterocycles. The van der Waals surface area contributed by atoms with Crippen LogP contribution in [0.3, 0.4) is 0 Å². The third-order valence-corrected chi connectivity index (χ3v) is 5.75. The summed E-state index contributed by atoms with van der Waals surface area (Å²) in [5, 5.41) is 0. The van der Waals surface area contributed by atoms with Crippen LogP contribution in [-0.4, -0.2) is 50.2 Å². The molecule has 1 fully saturated rings. The number of carbonyl (C=O) groups excluding carboxylic acids is 1. The first-order valence-corrected chi connectivity index (χ1v) is 9.90. The Labute approximate surface area is 148 Å². The van der Waals surface area contributed by atoms with Crippen LogP contribution in [0.5, 0.6) is 5.75 Å². The second kappa shape index (κ2) is 6.49. The van der Waals surface area contributed by atoms with Crippen molar-refractivity contribution in [1.82, 2.24) is 9.62 Å². The van der Waals surface area contributed by atoms with Gasteiger partial charge >= 0.3 is 6.09 Å². The first kappa shape index (κ1) is 18.0. The molecule has 25 heavy (non-hydrogen) atoms. The molecule has 0 aliphatic carbocycles. The van der Waals surface area contributed by atoms with Crippen LogP contribution < -0.4 is 9.46 Å². The van der Waals surface area contributed by atoms with E-state index in [2.05, 4.69) is 4.72 Å². The zero-order valence-corrected chi connectivity index (χ0v) is 15.5. The average molecular weight is 368 g/mol. The lowest BCUT2D eigenvalue weighted by Gasteiger charge is -2.26. The Bertz CT molecular complexity index is 757. The van der Waals surface area contributed by atoms with Crippen LogP contribution in [0.4, 0.5) is 4.79 Å². The summed E-state index contributed by atoms with van der Waals surface area (Å²) in [5.74, 6) is 0.355. The number of hydrogen-bond donors (Lipinski definition) is 1. The monoisotopic (exact) mass is 368 g/mol. The maximum absolute atomic E-state index is 12.6. The van der Waals surface area contributed by atoms with E-state index in [1.54, 1.807) is 23.1 Å². The molecule has 2 aliphatic heterocycles. The molecule has 0 bridgehead atoms. The topological polar surface area (TPSA) is 84.9 Å². The maximum Gasteiger partial charge on any atom is 0.410 e. The molecule has 8 heteroatoms. The zero-order chi connectivity index (χ0) is 18.2. The second-order valence-corrected chi connectivity index (χ2v) is 9.06. The number of para-hydroxylation sites is 1. The maximum atomic E-state index is 12.6. The summed E-state index contributed by atoms with van der Waals surface area (Å²) in [7, 11) is -3.64. The summed E-state index contributed by atoms with van der Waals surface area (Å²) >= 11 is 0. The smallest absolute Gasteiger partial charge is 0.410 e. The molecule has 0 aromatic heterocycles. The quantitative estimate of drug-likeness (QED) is 0.758. The summed E-state index contributed by atoms with van der Waals surface area (Å²) < 4.78 is 39.3. The van der Waals surface area contributed by atoms with Gasteiger partial charge in [-0.25, -0.2) is 17.9 Å². The number of ether oxygens (including phenoxy) is 2. The Morgan fingerprint density at radius 2 is 1.92 bits per heavy atom. The van der Waals surface area contributed by atoms with Crippen molar-refractivity contribution in [3.8, 4) is 5.75 Å². The van der Waals surface area contributed by atoms with Gasteiger partial charge < -0.3 is 14.4 Å². The fourth-order valence-corrected chi connectivity index (χ4v) is 4.49. The minimum absolute atomic E-state index is 0.159. The number of rotatable bonds is 0. The van der Waals surface area contributed by atoms with E-state index in [-0.39, 0.29) is 23.1 Å². The van der Waals surface area contributed by atoms with Crippen molar-refractivity contribution < 1.29 is 22.7 Å². The molecule has 2 unspecified atom stereocenters. The molecule has 1 N–H and O–H groups in total. The second-order valence-electron chi connectivity index (χ2n) is 7.38. The van der Waals surface area contributed by atoms with E-state index in [0.717, 1.165) is 0 Å². The van der Waals surface area contributed by atoms with Crippen LogP contribution in [0.2, 0.25) is 0 Å². The Kier molecular flexibility index (Phi) is 4.68. The third kappa shape index (κ3) is 4.07. The lowest BCUT2D eigenvalue weighted by Crippen LogP contribution is -2.43. The molecule has 0 radical (unpaired) electrons. The molecular formula is C17H24N2O5S. The summed E-state index contributed by atoms with van der Waals surface area (Å²) in [5.41, 5.74) is -0.565. The number of sulfonamides is 1. The molecular weight excluding hydrogens is 344 g/mol. The first-order chi connectivity index (χ1) is 11.7. The van der Waals surface area contributed by atoms with Crippen molar-refractivity contribution in [3.63, 3.8) is 0 Å². The van der Waals surface area contributed by atoms with Crippen LogP contribution in [0.25, 0.3) is 0 Å². The van der Waals surface area contributed by atoms with Crippen molar-refractivity contribution in [2.75, 3.05) is 13.1 Å². The molecule has 2 atom stereocenters. The van der Waals surface area contributed by atoms with Crippen LogP contribution >= 0.6 is 0 Å². The van der Waals surface area contributed by atoms with Gasteiger partial charge in [0.25, 0.3) is 0 Å². The molecule has 1 saturated heterocycles. The SMILES string of the molecule is CC(C)(C)OC(=O)N1CCC2NS(=O)(=O)c3ccccc3OC2CC1. The van der Waals surface area contributed by atoms with E-state index in [1.165, 1.54) is 6.07 Å². The van der Waals surface area contributed by atoms with Crippen LogP contribution in [-0.2, 0) is 14.8 Å². The van der Waals surface area contributed by atoms with Crippen molar-refractivity contribution in [2.24, 2.45) is 0 Å². The Morgan fingerprint density at radius 1 is 1.24 bits per heavy atom. The lowest BCUT2D eigenvalue weighted by molar-refractivity contribution is 0.0252. The minimum Gasteiger partial charge on any atom is -0.487 e. The van der Waals surface area contributed by atoms with E-state index in [4.69, 9.17) is 9.47 Å². The van der Waals surface area contributed by atoms with E-state index < -0.39 is 15.6 Å². The van der Waals surface area contributed by atoms with Crippen LogP contribution in [0.15, 0.2) is 29.2 Å². The third-order valence-electron chi connectivity index (χ3n) is 4.22. The highest BCUT2D eigenvalue weighted by molar-refractivity contribution is 7.89. The van der Waals surface area contributed by atoms with Gasteiger partial charge in [-0.15, -0.1) is 0 Å². The number of hydrogen-bond acceptors (Lipinski definition) is 5. The predicted octanol–water partition coefficient (Wildman–Crippen LogP) is 2.13. The normalized spacial score (nSPS) is 25.6. The van der Waals surface area contributed by atoms with Gasteiger partial charge in [0.2, 0.25) is 10.0 Å². The highest BCUT2D eigenvalue weighted by atomic mass is 32.2. The van der Waals surface area contributed by atoms with Gasteiger partial charge in [-0.1, -0.05) is 12.1 Å². The number of benzene rings is 1.